The van der Waals surface area contributed by atoms with Gasteiger partial charge in [0.05, 0.1) is 24.2 Å². The van der Waals surface area contributed by atoms with E-state index in [1.807, 2.05) is 51.9 Å². The zero-order valence-electron chi connectivity index (χ0n) is 21.2. The average Bonchev–Trinajstić information content (AvgIpc) is 2.93. The largest absolute Gasteiger partial charge is 0.495 e. The molecule has 3 aliphatic rings. The van der Waals surface area contributed by atoms with Gasteiger partial charge in [0.25, 0.3) is 11.5 Å². The first-order valence-corrected chi connectivity index (χ1v) is 13.0. The Labute approximate surface area is 216 Å². The Hall–Kier alpha value is -3.94. The van der Waals surface area contributed by atoms with E-state index in [9.17, 15) is 9.59 Å². The number of fused-ring (bicyclic) bond motifs is 4. The van der Waals surface area contributed by atoms with E-state index in [-0.39, 0.29) is 11.5 Å². The molecule has 0 aliphatic carbocycles. The zero-order chi connectivity index (χ0) is 25.5. The standard InChI is InChI=1S/C29H33N5O3/c1-37-27-7-3-2-5-26(27)31-11-13-32(14-12-31)29(36)21-9-10-25(23(30)16-21)33-17-20-15-22(19-33)24-6-4-8-28(35)34(24)18-20/h2-10,16,20,22H,11-15,17-19,30H2,1H3. The van der Waals surface area contributed by atoms with E-state index in [1.165, 1.54) is 0 Å². The summed E-state index contributed by atoms with van der Waals surface area (Å²) < 4.78 is 7.45. The number of nitrogen functional groups attached to an aromatic ring is 1. The highest BCUT2D eigenvalue weighted by Gasteiger charge is 2.35. The maximum absolute atomic E-state index is 13.3. The fourth-order valence-electron chi connectivity index (χ4n) is 6.29. The maximum Gasteiger partial charge on any atom is 0.254 e. The monoisotopic (exact) mass is 499 g/mol. The van der Waals surface area contributed by atoms with Crippen LogP contribution in [0.1, 0.15) is 28.4 Å². The quantitative estimate of drug-likeness (QED) is 0.556. The molecule has 2 bridgehead atoms. The van der Waals surface area contributed by atoms with Gasteiger partial charge in [-0.05, 0) is 48.7 Å². The number of anilines is 3. The van der Waals surface area contributed by atoms with Crippen molar-refractivity contribution in [3.63, 3.8) is 0 Å². The molecule has 192 valence electrons. The summed E-state index contributed by atoms with van der Waals surface area (Å²) in [6.45, 7) is 5.22. The highest BCUT2D eigenvalue weighted by Crippen LogP contribution is 2.38. The Morgan fingerprint density at radius 2 is 1.70 bits per heavy atom. The van der Waals surface area contributed by atoms with Crippen molar-refractivity contribution in [2.45, 2.75) is 18.9 Å². The van der Waals surface area contributed by atoms with Gasteiger partial charge in [-0.1, -0.05) is 18.2 Å². The fourth-order valence-corrected chi connectivity index (χ4v) is 6.29. The number of nitrogens with two attached hydrogens (primary N) is 1. The zero-order valence-corrected chi connectivity index (χ0v) is 21.2. The number of piperazine rings is 1. The molecule has 8 nitrogen and oxygen atoms in total. The van der Waals surface area contributed by atoms with Crippen LogP contribution in [0.25, 0.3) is 0 Å². The number of carbonyl (C=O) groups excluding carboxylic acids is 1. The number of piperidine rings is 1. The number of hydrogen-bond acceptors (Lipinski definition) is 6. The van der Waals surface area contributed by atoms with Crippen molar-refractivity contribution in [1.82, 2.24) is 9.47 Å². The number of nitrogens with zero attached hydrogens (tertiary/aromatic N) is 4. The molecule has 3 aliphatic heterocycles. The molecule has 1 aromatic heterocycles. The number of amides is 1. The lowest BCUT2D eigenvalue weighted by molar-refractivity contribution is 0.0746. The molecule has 2 atom stereocenters. The third-order valence-electron chi connectivity index (χ3n) is 8.09. The molecule has 6 rings (SSSR count). The SMILES string of the molecule is COc1ccccc1N1CCN(C(=O)c2ccc(N3CC4CC(C3)c3cccc(=O)n3C4)c(N)c2)CC1. The average molecular weight is 500 g/mol. The topological polar surface area (TPSA) is 84.0 Å². The number of methoxy groups -OCH3 is 1. The van der Waals surface area contributed by atoms with Crippen LogP contribution in [-0.2, 0) is 6.54 Å². The second-order valence-electron chi connectivity index (χ2n) is 10.3. The van der Waals surface area contributed by atoms with Gasteiger partial charge in [0.1, 0.15) is 5.75 Å². The summed E-state index contributed by atoms with van der Waals surface area (Å²) in [6, 6.07) is 19.3. The van der Waals surface area contributed by atoms with Gasteiger partial charge in [-0.2, -0.15) is 0 Å². The van der Waals surface area contributed by atoms with Crippen LogP contribution in [0.5, 0.6) is 5.75 Å². The third-order valence-corrected chi connectivity index (χ3v) is 8.09. The molecule has 2 fully saturated rings. The molecule has 3 aromatic rings. The van der Waals surface area contributed by atoms with Crippen LogP contribution in [0, 0.1) is 5.92 Å². The van der Waals surface area contributed by atoms with Crippen LogP contribution in [0.3, 0.4) is 0 Å². The number of hydrogen-bond donors (Lipinski definition) is 1. The number of para-hydroxylation sites is 2. The minimum atomic E-state index is 0.0155. The van der Waals surface area contributed by atoms with Gasteiger partial charge in [-0.3, -0.25) is 9.59 Å². The smallest absolute Gasteiger partial charge is 0.254 e. The van der Waals surface area contributed by atoms with Crippen molar-refractivity contribution < 1.29 is 9.53 Å². The molecule has 1 amide bonds. The van der Waals surface area contributed by atoms with E-state index in [0.717, 1.165) is 62.0 Å². The first-order chi connectivity index (χ1) is 18.0. The second-order valence-corrected chi connectivity index (χ2v) is 10.3. The van der Waals surface area contributed by atoms with E-state index in [1.54, 1.807) is 13.2 Å². The summed E-state index contributed by atoms with van der Waals surface area (Å²) >= 11 is 0. The van der Waals surface area contributed by atoms with Crippen molar-refractivity contribution in [2.24, 2.45) is 5.92 Å². The molecule has 0 spiro atoms. The van der Waals surface area contributed by atoms with Gasteiger partial charge in [0.2, 0.25) is 0 Å². The molecule has 0 saturated carbocycles. The number of carbonyl (C=O) groups is 1. The van der Waals surface area contributed by atoms with E-state index in [4.69, 9.17) is 10.5 Å². The Morgan fingerprint density at radius 1 is 0.892 bits per heavy atom. The molecular weight excluding hydrogens is 466 g/mol. The summed E-state index contributed by atoms with van der Waals surface area (Å²) in [6.07, 6.45) is 1.09. The van der Waals surface area contributed by atoms with Crippen molar-refractivity contribution in [3.05, 3.63) is 82.3 Å². The lowest BCUT2D eigenvalue weighted by Gasteiger charge is -2.44. The Balaban J connectivity index is 1.14. The van der Waals surface area contributed by atoms with Gasteiger partial charge in [0, 0.05) is 69.1 Å². The van der Waals surface area contributed by atoms with Gasteiger partial charge in [0.15, 0.2) is 0 Å². The highest BCUT2D eigenvalue weighted by molar-refractivity contribution is 5.96. The van der Waals surface area contributed by atoms with Crippen LogP contribution in [0.15, 0.2) is 65.5 Å². The van der Waals surface area contributed by atoms with Crippen LogP contribution in [0.2, 0.25) is 0 Å². The van der Waals surface area contributed by atoms with Crippen LogP contribution >= 0.6 is 0 Å². The molecule has 2 aromatic carbocycles. The maximum atomic E-state index is 13.3. The molecule has 8 heteroatoms. The molecular formula is C29H33N5O3. The van der Waals surface area contributed by atoms with Crippen molar-refractivity contribution in [3.8, 4) is 5.75 Å². The highest BCUT2D eigenvalue weighted by atomic mass is 16.5. The van der Waals surface area contributed by atoms with Gasteiger partial charge >= 0.3 is 0 Å². The molecule has 2 N–H and O–H groups in total. The summed E-state index contributed by atoms with van der Waals surface area (Å²) in [4.78, 5) is 32.1. The van der Waals surface area contributed by atoms with Crippen molar-refractivity contribution in [2.75, 3.05) is 61.9 Å². The number of rotatable bonds is 4. The van der Waals surface area contributed by atoms with E-state index >= 15 is 0 Å². The Bertz CT molecular complexity index is 1380. The summed E-state index contributed by atoms with van der Waals surface area (Å²) in [7, 11) is 1.68. The first-order valence-electron chi connectivity index (χ1n) is 13.0. The van der Waals surface area contributed by atoms with E-state index in [2.05, 4.69) is 21.9 Å². The first kappa shape index (κ1) is 23.5. The summed E-state index contributed by atoms with van der Waals surface area (Å²) in [5.41, 5.74) is 11.0. The number of benzene rings is 2. The fraction of sp³-hybridized carbons (Fsp3) is 0.379. The summed E-state index contributed by atoms with van der Waals surface area (Å²) in [5.74, 6) is 1.58. The predicted molar refractivity (Wildman–Crippen MR) is 146 cm³/mol. The molecule has 2 saturated heterocycles. The normalized spacial score (nSPS) is 20.9. The van der Waals surface area contributed by atoms with Crippen molar-refractivity contribution >= 4 is 23.0 Å². The molecule has 37 heavy (non-hydrogen) atoms. The number of pyridine rings is 1. The van der Waals surface area contributed by atoms with E-state index < -0.39 is 0 Å². The lowest BCUT2D eigenvalue weighted by atomic mass is 9.83. The Morgan fingerprint density at radius 3 is 2.49 bits per heavy atom. The minimum Gasteiger partial charge on any atom is -0.495 e. The second kappa shape index (κ2) is 9.50. The minimum absolute atomic E-state index is 0.0155. The van der Waals surface area contributed by atoms with Crippen molar-refractivity contribution in [1.29, 1.82) is 0 Å². The predicted octanol–water partition coefficient (Wildman–Crippen LogP) is 3.03. The number of ether oxygens (including phenoxy) is 1. The molecule has 2 unspecified atom stereocenters. The van der Waals surface area contributed by atoms with Crippen LogP contribution in [-0.4, -0.2) is 61.8 Å². The third kappa shape index (κ3) is 4.30. The summed E-state index contributed by atoms with van der Waals surface area (Å²) in [5, 5.41) is 0. The van der Waals surface area contributed by atoms with Gasteiger partial charge in [-0.15, -0.1) is 0 Å². The lowest BCUT2D eigenvalue weighted by Crippen LogP contribution is -2.49. The Kier molecular flexibility index (Phi) is 6.02. The van der Waals surface area contributed by atoms with Crippen LogP contribution in [0.4, 0.5) is 17.1 Å². The van der Waals surface area contributed by atoms with Gasteiger partial charge < -0.3 is 29.7 Å². The van der Waals surface area contributed by atoms with Crippen LogP contribution < -0.4 is 25.8 Å². The van der Waals surface area contributed by atoms with E-state index in [0.29, 0.717) is 36.2 Å². The van der Waals surface area contributed by atoms with Gasteiger partial charge in [-0.25, -0.2) is 0 Å². The molecule has 4 heterocycles. The number of aromatic nitrogens is 1. The molecule has 0 radical (unpaired) electrons.